The monoisotopic (exact) mass is 254 g/mol. The summed E-state index contributed by atoms with van der Waals surface area (Å²) in [4.78, 5) is 0. The minimum atomic E-state index is 0.189. The first-order valence-corrected chi connectivity index (χ1v) is 6.68. The van der Waals surface area contributed by atoms with Crippen molar-refractivity contribution < 1.29 is 0 Å². The fraction of sp³-hybridized carbons (Fsp3) is 0.571. The summed E-state index contributed by atoms with van der Waals surface area (Å²) in [6, 6.07) is 6.35. The van der Waals surface area contributed by atoms with E-state index in [9.17, 15) is 0 Å². The number of hydrogen-bond acceptors (Lipinski definition) is 2. The predicted molar refractivity (Wildman–Crippen MR) is 74.9 cm³/mol. The molecule has 0 saturated heterocycles. The van der Waals surface area contributed by atoms with Gasteiger partial charge in [0.2, 0.25) is 0 Å². The van der Waals surface area contributed by atoms with Crippen LogP contribution in [0.4, 0.5) is 0 Å². The summed E-state index contributed by atoms with van der Waals surface area (Å²) in [5.74, 6) is 6.31. The molecule has 0 fully saturated rings. The van der Waals surface area contributed by atoms with Gasteiger partial charge in [0.05, 0.1) is 0 Å². The molecule has 2 nitrogen and oxygen atoms in total. The number of aryl methyl sites for hydroxylation is 1. The Morgan fingerprint density at radius 2 is 2.12 bits per heavy atom. The Morgan fingerprint density at radius 1 is 1.41 bits per heavy atom. The maximum atomic E-state index is 6.14. The van der Waals surface area contributed by atoms with Crippen molar-refractivity contribution in [1.29, 1.82) is 0 Å². The van der Waals surface area contributed by atoms with E-state index >= 15 is 0 Å². The number of nitrogens with one attached hydrogen (secondary N) is 1. The van der Waals surface area contributed by atoms with E-state index in [1.165, 1.54) is 18.4 Å². The SMILES string of the molecule is CCCC(C)CC(NN)c1ccc(C)c(Cl)c1. The van der Waals surface area contributed by atoms with Crippen LogP contribution >= 0.6 is 11.6 Å². The van der Waals surface area contributed by atoms with Gasteiger partial charge in [-0.25, -0.2) is 0 Å². The molecule has 0 aliphatic carbocycles. The lowest BCUT2D eigenvalue weighted by Gasteiger charge is -2.21. The van der Waals surface area contributed by atoms with Crippen LogP contribution in [0.5, 0.6) is 0 Å². The molecular formula is C14H23ClN2. The van der Waals surface area contributed by atoms with E-state index in [2.05, 4.69) is 25.3 Å². The van der Waals surface area contributed by atoms with Crippen LogP contribution < -0.4 is 11.3 Å². The maximum Gasteiger partial charge on any atom is 0.0463 e. The van der Waals surface area contributed by atoms with Gasteiger partial charge in [-0.3, -0.25) is 11.3 Å². The van der Waals surface area contributed by atoms with E-state index in [1.807, 2.05) is 19.1 Å². The van der Waals surface area contributed by atoms with Gasteiger partial charge in [0, 0.05) is 11.1 Å². The van der Waals surface area contributed by atoms with Gasteiger partial charge in [-0.2, -0.15) is 0 Å². The standard InChI is InChI=1S/C14H23ClN2/c1-4-5-10(2)8-14(17-16)12-7-6-11(3)13(15)9-12/h6-7,9-10,14,17H,4-5,8,16H2,1-3H3. The lowest BCUT2D eigenvalue weighted by molar-refractivity contribution is 0.394. The van der Waals surface area contributed by atoms with E-state index < -0.39 is 0 Å². The summed E-state index contributed by atoms with van der Waals surface area (Å²) in [6.07, 6.45) is 3.49. The summed E-state index contributed by atoms with van der Waals surface area (Å²) in [5.41, 5.74) is 5.17. The van der Waals surface area contributed by atoms with Crippen molar-refractivity contribution in [2.24, 2.45) is 11.8 Å². The Labute approximate surface area is 110 Å². The molecule has 0 aliphatic heterocycles. The molecular weight excluding hydrogens is 232 g/mol. The van der Waals surface area contributed by atoms with Crippen LogP contribution in [0.15, 0.2) is 18.2 Å². The first-order valence-electron chi connectivity index (χ1n) is 6.30. The number of rotatable bonds is 6. The molecule has 0 aromatic heterocycles. The Balaban J connectivity index is 2.75. The zero-order valence-electron chi connectivity index (χ0n) is 11.0. The van der Waals surface area contributed by atoms with E-state index in [4.69, 9.17) is 17.4 Å². The highest BCUT2D eigenvalue weighted by molar-refractivity contribution is 6.31. The highest BCUT2D eigenvalue weighted by Crippen LogP contribution is 2.26. The summed E-state index contributed by atoms with van der Waals surface area (Å²) >= 11 is 6.14. The average Bonchev–Trinajstić information content (AvgIpc) is 2.30. The second-order valence-electron chi connectivity index (χ2n) is 4.86. The van der Waals surface area contributed by atoms with Crippen molar-refractivity contribution in [3.8, 4) is 0 Å². The number of hydrogen-bond donors (Lipinski definition) is 2. The number of nitrogens with two attached hydrogens (primary N) is 1. The average molecular weight is 255 g/mol. The largest absolute Gasteiger partial charge is 0.271 e. The van der Waals surface area contributed by atoms with Crippen LogP contribution in [0.1, 0.15) is 50.3 Å². The lowest BCUT2D eigenvalue weighted by Crippen LogP contribution is -2.29. The van der Waals surface area contributed by atoms with Gasteiger partial charge in [-0.1, -0.05) is 50.4 Å². The summed E-state index contributed by atoms with van der Waals surface area (Å²) < 4.78 is 0. The number of hydrazine groups is 1. The number of benzene rings is 1. The molecule has 1 aromatic carbocycles. The summed E-state index contributed by atoms with van der Waals surface area (Å²) in [7, 11) is 0. The van der Waals surface area contributed by atoms with Gasteiger partial charge in [-0.15, -0.1) is 0 Å². The summed E-state index contributed by atoms with van der Waals surface area (Å²) in [6.45, 7) is 6.49. The molecule has 17 heavy (non-hydrogen) atoms. The molecule has 0 radical (unpaired) electrons. The molecule has 0 spiro atoms. The van der Waals surface area contributed by atoms with Crippen molar-refractivity contribution >= 4 is 11.6 Å². The van der Waals surface area contributed by atoms with Gasteiger partial charge in [0.1, 0.15) is 0 Å². The van der Waals surface area contributed by atoms with Crippen LogP contribution in [-0.4, -0.2) is 0 Å². The molecule has 2 unspecified atom stereocenters. The lowest BCUT2D eigenvalue weighted by atomic mass is 9.93. The normalized spacial score (nSPS) is 14.6. The Morgan fingerprint density at radius 3 is 2.65 bits per heavy atom. The van der Waals surface area contributed by atoms with Crippen LogP contribution in [0.25, 0.3) is 0 Å². The maximum absolute atomic E-state index is 6.14. The van der Waals surface area contributed by atoms with Crippen LogP contribution in [-0.2, 0) is 0 Å². The highest BCUT2D eigenvalue weighted by Gasteiger charge is 2.14. The quantitative estimate of drug-likeness (QED) is 0.595. The van der Waals surface area contributed by atoms with Gasteiger partial charge >= 0.3 is 0 Å². The molecule has 0 amide bonds. The second kappa shape index (κ2) is 7.00. The minimum absolute atomic E-state index is 0.189. The Hall–Kier alpha value is -0.570. The topological polar surface area (TPSA) is 38.0 Å². The van der Waals surface area contributed by atoms with Gasteiger partial charge in [0.25, 0.3) is 0 Å². The van der Waals surface area contributed by atoms with Crippen molar-refractivity contribution in [2.45, 2.75) is 46.1 Å². The minimum Gasteiger partial charge on any atom is -0.271 e. The molecule has 0 heterocycles. The third kappa shape index (κ3) is 4.30. The molecule has 1 aromatic rings. The first kappa shape index (κ1) is 14.5. The van der Waals surface area contributed by atoms with Gasteiger partial charge < -0.3 is 0 Å². The third-order valence-corrected chi connectivity index (χ3v) is 3.63. The fourth-order valence-corrected chi connectivity index (χ4v) is 2.33. The third-order valence-electron chi connectivity index (χ3n) is 3.22. The van der Waals surface area contributed by atoms with Crippen LogP contribution in [0.2, 0.25) is 5.02 Å². The fourth-order valence-electron chi connectivity index (χ4n) is 2.14. The molecule has 96 valence electrons. The molecule has 2 atom stereocenters. The molecule has 0 saturated carbocycles. The summed E-state index contributed by atoms with van der Waals surface area (Å²) in [5, 5.41) is 0.811. The predicted octanol–water partition coefficient (Wildman–Crippen LogP) is 3.98. The number of halogens is 1. The molecule has 1 rings (SSSR count). The zero-order valence-corrected chi connectivity index (χ0v) is 11.7. The van der Waals surface area contributed by atoms with Crippen LogP contribution in [0, 0.1) is 12.8 Å². The highest BCUT2D eigenvalue weighted by atomic mass is 35.5. The second-order valence-corrected chi connectivity index (χ2v) is 5.26. The first-order chi connectivity index (χ1) is 8.08. The Kier molecular flexibility index (Phi) is 5.96. The smallest absolute Gasteiger partial charge is 0.0463 e. The molecule has 0 bridgehead atoms. The van der Waals surface area contributed by atoms with Crippen molar-refractivity contribution in [2.75, 3.05) is 0 Å². The molecule has 3 N–H and O–H groups in total. The van der Waals surface area contributed by atoms with Crippen molar-refractivity contribution in [1.82, 2.24) is 5.43 Å². The van der Waals surface area contributed by atoms with Crippen LogP contribution in [0.3, 0.4) is 0 Å². The molecule has 3 heteroatoms. The molecule has 0 aliphatic rings. The van der Waals surface area contributed by atoms with E-state index in [-0.39, 0.29) is 6.04 Å². The van der Waals surface area contributed by atoms with Gasteiger partial charge in [-0.05, 0) is 36.5 Å². The van der Waals surface area contributed by atoms with Crippen molar-refractivity contribution in [3.63, 3.8) is 0 Å². The Bertz CT molecular complexity index is 352. The van der Waals surface area contributed by atoms with E-state index in [1.54, 1.807) is 0 Å². The van der Waals surface area contributed by atoms with Crippen molar-refractivity contribution in [3.05, 3.63) is 34.3 Å². The van der Waals surface area contributed by atoms with E-state index in [0.29, 0.717) is 5.92 Å². The zero-order chi connectivity index (χ0) is 12.8. The van der Waals surface area contributed by atoms with E-state index in [0.717, 1.165) is 17.0 Å². The van der Waals surface area contributed by atoms with Gasteiger partial charge in [0.15, 0.2) is 0 Å².